The Bertz CT molecular complexity index is 1040. The zero-order valence-electron chi connectivity index (χ0n) is 16.5. The van der Waals surface area contributed by atoms with Crippen molar-refractivity contribution in [1.82, 2.24) is 9.88 Å². The highest BCUT2D eigenvalue weighted by molar-refractivity contribution is 5.94. The first kappa shape index (κ1) is 19.4. The first-order chi connectivity index (χ1) is 14.8. The van der Waals surface area contributed by atoms with E-state index in [4.69, 9.17) is 4.74 Å². The fourth-order valence-electron chi connectivity index (χ4n) is 3.21. The van der Waals surface area contributed by atoms with Gasteiger partial charge in [-0.05, 0) is 35.4 Å². The molecule has 1 aromatic heterocycles. The lowest BCUT2D eigenvalue weighted by Gasteiger charge is -2.23. The maximum atomic E-state index is 13.4. The Morgan fingerprint density at radius 1 is 0.733 bits per heavy atom. The summed E-state index contributed by atoms with van der Waals surface area (Å²) in [5, 5.41) is 0. The SMILES string of the molecule is O=C(c1cccc(Oc2ccccn2)c1)N(Cc1ccccc1)Cc1ccccc1. The average molecular weight is 394 g/mol. The summed E-state index contributed by atoms with van der Waals surface area (Å²) in [6.45, 7) is 1.06. The zero-order valence-corrected chi connectivity index (χ0v) is 16.5. The van der Waals surface area contributed by atoms with Crippen molar-refractivity contribution in [2.24, 2.45) is 0 Å². The van der Waals surface area contributed by atoms with Crippen molar-refractivity contribution in [3.05, 3.63) is 126 Å². The summed E-state index contributed by atoms with van der Waals surface area (Å²) in [5.41, 5.74) is 2.75. The van der Waals surface area contributed by atoms with E-state index in [9.17, 15) is 4.79 Å². The van der Waals surface area contributed by atoms with Crippen molar-refractivity contribution in [2.75, 3.05) is 0 Å². The molecule has 0 saturated carbocycles. The molecule has 4 nitrogen and oxygen atoms in total. The van der Waals surface area contributed by atoms with Crippen LogP contribution >= 0.6 is 0 Å². The number of benzene rings is 3. The Balaban J connectivity index is 1.58. The van der Waals surface area contributed by atoms with Gasteiger partial charge in [0.15, 0.2) is 0 Å². The molecule has 0 aliphatic carbocycles. The lowest BCUT2D eigenvalue weighted by molar-refractivity contribution is 0.0729. The summed E-state index contributed by atoms with van der Waals surface area (Å²) >= 11 is 0. The minimum atomic E-state index is -0.0471. The standard InChI is InChI=1S/C26H22N2O2/c29-26(23-14-9-15-24(18-23)30-25-16-7-8-17-27-25)28(19-21-10-3-1-4-11-21)20-22-12-5-2-6-13-22/h1-18H,19-20H2. The van der Waals surface area contributed by atoms with Gasteiger partial charge in [0, 0.05) is 30.9 Å². The Labute approximate surface area is 176 Å². The molecule has 0 atom stereocenters. The number of carbonyl (C=O) groups excluding carboxylic acids is 1. The van der Waals surface area contributed by atoms with Gasteiger partial charge < -0.3 is 9.64 Å². The van der Waals surface area contributed by atoms with Crippen LogP contribution in [0.5, 0.6) is 11.6 Å². The zero-order chi connectivity index (χ0) is 20.6. The van der Waals surface area contributed by atoms with Crippen LogP contribution in [0.4, 0.5) is 0 Å². The van der Waals surface area contributed by atoms with Crippen LogP contribution in [0.1, 0.15) is 21.5 Å². The number of nitrogens with zero attached hydrogens (tertiary/aromatic N) is 2. The lowest BCUT2D eigenvalue weighted by atomic mass is 10.1. The Hall–Kier alpha value is -3.92. The molecule has 0 radical (unpaired) electrons. The van der Waals surface area contributed by atoms with Crippen molar-refractivity contribution < 1.29 is 9.53 Å². The van der Waals surface area contributed by atoms with Crippen LogP contribution in [-0.2, 0) is 13.1 Å². The molecule has 1 heterocycles. The first-order valence-corrected chi connectivity index (χ1v) is 9.84. The highest BCUT2D eigenvalue weighted by Gasteiger charge is 2.17. The molecule has 1 amide bonds. The smallest absolute Gasteiger partial charge is 0.254 e. The van der Waals surface area contributed by atoms with Gasteiger partial charge in [-0.3, -0.25) is 4.79 Å². The van der Waals surface area contributed by atoms with Crippen LogP contribution in [0.25, 0.3) is 0 Å². The Kier molecular flexibility index (Phi) is 6.16. The summed E-state index contributed by atoms with van der Waals surface area (Å²) in [6, 6.07) is 32.7. The van der Waals surface area contributed by atoms with E-state index in [0.717, 1.165) is 11.1 Å². The van der Waals surface area contributed by atoms with E-state index in [2.05, 4.69) is 4.98 Å². The Morgan fingerprint density at radius 3 is 1.97 bits per heavy atom. The number of hydrogen-bond donors (Lipinski definition) is 0. The molecule has 148 valence electrons. The molecular formula is C26H22N2O2. The summed E-state index contributed by atoms with van der Waals surface area (Å²) in [5.74, 6) is 1.03. The summed E-state index contributed by atoms with van der Waals surface area (Å²) in [6.07, 6.45) is 1.67. The number of carbonyl (C=O) groups is 1. The van der Waals surface area contributed by atoms with Crippen LogP contribution in [0.2, 0.25) is 0 Å². The molecule has 3 aromatic carbocycles. The van der Waals surface area contributed by atoms with Crippen molar-refractivity contribution in [3.63, 3.8) is 0 Å². The highest BCUT2D eigenvalue weighted by atomic mass is 16.5. The van der Waals surface area contributed by atoms with E-state index < -0.39 is 0 Å². The largest absolute Gasteiger partial charge is 0.439 e. The summed E-state index contributed by atoms with van der Waals surface area (Å²) < 4.78 is 5.80. The number of aromatic nitrogens is 1. The van der Waals surface area contributed by atoms with Crippen molar-refractivity contribution in [3.8, 4) is 11.6 Å². The fourth-order valence-corrected chi connectivity index (χ4v) is 3.21. The van der Waals surface area contributed by atoms with E-state index in [1.807, 2.05) is 95.9 Å². The van der Waals surface area contributed by atoms with Crippen LogP contribution in [0.3, 0.4) is 0 Å². The molecule has 0 fully saturated rings. The van der Waals surface area contributed by atoms with E-state index in [0.29, 0.717) is 30.3 Å². The molecule has 4 rings (SSSR count). The molecule has 30 heavy (non-hydrogen) atoms. The van der Waals surface area contributed by atoms with E-state index in [1.165, 1.54) is 0 Å². The summed E-state index contributed by atoms with van der Waals surface area (Å²) in [4.78, 5) is 19.4. The lowest BCUT2D eigenvalue weighted by Crippen LogP contribution is -2.30. The predicted molar refractivity (Wildman–Crippen MR) is 117 cm³/mol. The average Bonchev–Trinajstić information content (AvgIpc) is 2.80. The third-order valence-corrected chi connectivity index (χ3v) is 4.66. The predicted octanol–water partition coefficient (Wildman–Crippen LogP) is 5.72. The molecule has 0 unspecified atom stereocenters. The minimum Gasteiger partial charge on any atom is -0.439 e. The second-order valence-corrected chi connectivity index (χ2v) is 6.93. The molecule has 0 aliphatic rings. The Morgan fingerprint density at radius 2 is 1.37 bits per heavy atom. The van der Waals surface area contributed by atoms with E-state index in [1.54, 1.807) is 18.3 Å². The summed E-state index contributed by atoms with van der Waals surface area (Å²) in [7, 11) is 0. The second kappa shape index (κ2) is 9.52. The highest BCUT2D eigenvalue weighted by Crippen LogP contribution is 2.22. The fraction of sp³-hybridized carbons (Fsp3) is 0.0769. The van der Waals surface area contributed by atoms with Crippen molar-refractivity contribution in [2.45, 2.75) is 13.1 Å². The van der Waals surface area contributed by atoms with Crippen LogP contribution in [0, 0.1) is 0 Å². The van der Waals surface area contributed by atoms with Gasteiger partial charge in [-0.15, -0.1) is 0 Å². The van der Waals surface area contributed by atoms with E-state index >= 15 is 0 Å². The quantitative estimate of drug-likeness (QED) is 0.403. The molecule has 0 N–H and O–H groups in total. The molecular weight excluding hydrogens is 372 g/mol. The molecule has 4 aromatic rings. The van der Waals surface area contributed by atoms with Gasteiger partial charge in [-0.1, -0.05) is 72.8 Å². The van der Waals surface area contributed by atoms with Crippen molar-refractivity contribution >= 4 is 5.91 Å². The van der Waals surface area contributed by atoms with Gasteiger partial charge in [0.25, 0.3) is 5.91 Å². The third kappa shape index (κ3) is 5.11. The van der Waals surface area contributed by atoms with Gasteiger partial charge in [-0.25, -0.2) is 4.98 Å². The van der Waals surface area contributed by atoms with Crippen LogP contribution < -0.4 is 4.74 Å². The van der Waals surface area contributed by atoms with Crippen molar-refractivity contribution in [1.29, 1.82) is 0 Å². The van der Waals surface area contributed by atoms with Gasteiger partial charge in [-0.2, -0.15) is 0 Å². The molecule has 4 heteroatoms. The third-order valence-electron chi connectivity index (χ3n) is 4.66. The number of amides is 1. The van der Waals surface area contributed by atoms with Gasteiger partial charge >= 0.3 is 0 Å². The maximum absolute atomic E-state index is 13.4. The van der Waals surface area contributed by atoms with Gasteiger partial charge in [0.1, 0.15) is 5.75 Å². The van der Waals surface area contributed by atoms with Crippen LogP contribution in [0.15, 0.2) is 109 Å². The van der Waals surface area contributed by atoms with Gasteiger partial charge in [0.05, 0.1) is 0 Å². The maximum Gasteiger partial charge on any atom is 0.254 e. The second-order valence-electron chi connectivity index (χ2n) is 6.93. The number of hydrogen-bond acceptors (Lipinski definition) is 3. The normalized spacial score (nSPS) is 10.4. The molecule has 0 bridgehead atoms. The monoisotopic (exact) mass is 394 g/mol. The molecule has 0 spiro atoms. The van der Waals surface area contributed by atoms with Gasteiger partial charge in [0.2, 0.25) is 5.88 Å². The topological polar surface area (TPSA) is 42.4 Å². The molecule has 0 aliphatic heterocycles. The minimum absolute atomic E-state index is 0.0471. The first-order valence-electron chi connectivity index (χ1n) is 9.84. The number of ether oxygens (including phenoxy) is 1. The number of pyridine rings is 1. The van der Waals surface area contributed by atoms with E-state index in [-0.39, 0.29) is 5.91 Å². The van der Waals surface area contributed by atoms with Crippen LogP contribution in [-0.4, -0.2) is 15.8 Å². The number of rotatable bonds is 7. The molecule has 0 saturated heterocycles.